The fraction of sp³-hybridized carbons (Fsp3) is 0.118. The standard InChI is InChI=1S/C17H15NO/c19-16-12-11-15(18-16)17(13-7-3-1-4-8-13)14-9-5-2-6-10-14/h1-10H,11-12H2,(H,18,19). The van der Waals surface area contributed by atoms with Gasteiger partial charge in [0.1, 0.15) is 0 Å². The molecular weight excluding hydrogens is 234 g/mol. The molecular formula is C17H15NO. The maximum atomic E-state index is 11.5. The lowest BCUT2D eigenvalue weighted by Gasteiger charge is -2.12. The average Bonchev–Trinajstić information content (AvgIpc) is 2.88. The number of carbonyl (C=O) groups is 1. The summed E-state index contributed by atoms with van der Waals surface area (Å²) < 4.78 is 0. The zero-order chi connectivity index (χ0) is 13.1. The van der Waals surface area contributed by atoms with Gasteiger partial charge in [0.2, 0.25) is 5.91 Å². The zero-order valence-corrected chi connectivity index (χ0v) is 10.6. The van der Waals surface area contributed by atoms with Gasteiger partial charge in [0.05, 0.1) is 0 Å². The summed E-state index contributed by atoms with van der Waals surface area (Å²) in [6.45, 7) is 0. The van der Waals surface area contributed by atoms with Crippen molar-refractivity contribution in [2.45, 2.75) is 12.8 Å². The minimum atomic E-state index is 0.111. The van der Waals surface area contributed by atoms with E-state index in [0.29, 0.717) is 6.42 Å². The third-order valence-electron chi connectivity index (χ3n) is 3.32. The van der Waals surface area contributed by atoms with Crippen LogP contribution in [0, 0.1) is 0 Å². The van der Waals surface area contributed by atoms with Gasteiger partial charge < -0.3 is 5.32 Å². The van der Waals surface area contributed by atoms with E-state index in [1.807, 2.05) is 36.4 Å². The van der Waals surface area contributed by atoms with E-state index in [4.69, 9.17) is 0 Å². The Hall–Kier alpha value is -2.35. The van der Waals surface area contributed by atoms with Crippen molar-refractivity contribution in [2.24, 2.45) is 0 Å². The van der Waals surface area contributed by atoms with Crippen LogP contribution in [0.3, 0.4) is 0 Å². The molecule has 1 aliphatic heterocycles. The number of allylic oxidation sites excluding steroid dienone is 1. The Labute approximate surface area is 112 Å². The molecule has 1 fully saturated rings. The van der Waals surface area contributed by atoms with Crippen LogP contribution in [0.1, 0.15) is 24.0 Å². The van der Waals surface area contributed by atoms with Crippen LogP contribution >= 0.6 is 0 Å². The second kappa shape index (κ2) is 5.11. The first kappa shape index (κ1) is 11.7. The molecule has 0 saturated carbocycles. The lowest BCUT2D eigenvalue weighted by molar-refractivity contribution is -0.118. The monoisotopic (exact) mass is 249 g/mol. The third kappa shape index (κ3) is 2.43. The van der Waals surface area contributed by atoms with Crippen LogP contribution in [-0.2, 0) is 4.79 Å². The van der Waals surface area contributed by atoms with Crippen LogP contribution in [0.4, 0.5) is 0 Å². The highest BCUT2D eigenvalue weighted by molar-refractivity contribution is 5.89. The molecule has 1 amide bonds. The van der Waals surface area contributed by atoms with Crippen LogP contribution in [0.15, 0.2) is 66.4 Å². The number of hydrogen-bond donors (Lipinski definition) is 1. The molecule has 0 aromatic heterocycles. The van der Waals surface area contributed by atoms with Crippen molar-refractivity contribution in [1.82, 2.24) is 5.32 Å². The minimum Gasteiger partial charge on any atom is -0.329 e. The van der Waals surface area contributed by atoms with Gasteiger partial charge >= 0.3 is 0 Å². The normalized spacial score (nSPS) is 14.3. The third-order valence-corrected chi connectivity index (χ3v) is 3.32. The Morgan fingerprint density at radius 1 is 0.789 bits per heavy atom. The molecule has 2 aromatic rings. The quantitative estimate of drug-likeness (QED) is 0.868. The largest absolute Gasteiger partial charge is 0.329 e. The highest BCUT2D eigenvalue weighted by Gasteiger charge is 2.20. The molecule has 0 radical (unpaired) electrons. The molecule has 2 heteroatoms. The van der Waals surface area contributed by atoms with Gasteiger partial charge in [-0.15, -0.1) is 0 Å². The average molecular weight is 249 g/mol. The second-order valence-corrected chi connectivity index (χ2v) is 4.63. The van der Waals surface area contributed by atoms with Crippen molar-refractivity contribution in [1.29, 1.82) is 0 Å². The van der Waals surface area contributed by atoms with Gasteiger partial charge in [-0.05, 0) is 17.5 Å². The van der Waals surface area contributed by atoms with E-state index in [1.54, 1.807) is 0 Å². The van der Waals surface area contributed by atoms with Gasteiger partial charge in [0, 0.05) is 17.7 Å². The Morgan fingerprint density at radius 3 is 1.74 bits per heavy atom. The Kier molecular flexibility index (Phi) is 3.15. The lowest BCUT2D eigenvalue weighted by atomic mass is 9.95. The van der Waals surface area contributed by atoms with Gasteiger partial charge in [-0.25, -0.2) is 0 Å². The number of carbonyl (C=O) groups excluding carboxylic acids is 1. The molecule has 1 saturated heterocycles. The highest BCUT2D eigenvalue weighted by Crippen LogP contribution is 2.29. The Balaban J connectivity index is 2.15. The summed E-state index contributed by atoms with van der Waals surface area (Å²) >= 11 is 0. The molecule has 19 heavy (non-hydrogen) atoms. The SMILES string of the molecule is O=C1CCC(=C(c2ccccc2)c2ccccc2)N1. The van der Waals surface area contributed by atoms with Crippen LogP contribution < -0.4 is 5.32 Å². The fourth-order valence-corrected chi connectivity index (χ4v) is 2.44. The summed E-state index contributed by atoms with van der Waals surface area (Å²) in [6, 6.07) is 20.4. The molecule has 94 valence electrons. The molecule has 1 N–H and O–H groups in total. The first-order valence-corrected chi connectivity index (χ1v) is 6.48. The molecule has 1 heterocycles. The summed E-state index contributed by atoms with van der Waals surface area (Å²) in [5.41, 5.74) is 4.45. The van der Waals surface area contributed by atoms with E-state index in [-0.39, 0.29) is 5.91 Å². The van der Waals surface area contributed by atoms with Crippen LogP contribution in [0.2, 0.25) is 0 Å². The topological polar surface area (TPSA) is 29.1 Å². The van der Waals surface area contributed by atoms with Crippen molar-refractivity contribution in [3.63, 3.8) is 0 Å². The zero-order valence-electron chi connectivity index (χ0n) is 10.6. The van der Waals surface area contributed by atoms with Crippen LogP contribution in [0.25, 0.3) is 5.57 Å². The second-order valence-electron chi connectivity index (χ2n) is 4.63. The van der Waals surface area contributed by atoms with Gasteiger partial charge in [-0.2, -0.15) is 0 Å². The molecule has 2 nitrogen and oxygen atoms in total. The van der Waals surface area contributed by atoms with Crippen LogP contribution in [0.5, 0.6) is 0 Å². The van der Waals surface area contributed by atoms with Crippen LogP contribution in [-0.4, -0.2) is 5.91 Å². The van der Waals surface area contributed by atoms with Crippen molar-refractivity contribution in [3.8, 4) is 0 Å². The van der Waals surface area contributed by atoms with E-state index in [0.717, 1.165) is 28.8 Å². The fourth-order valence-electron chi connectivity index (χ4n) is 2.44. The van der Waals surface area contributed by atoms with Gasteiger partial charge in [-0.1, -0.05) is 60.7 Å². The van der Waals surface area contributed by atoms with Gasteiger partial charge in [0.15, 0.2) is 0 Å². The summed E-state index contributed by atoms with van der Waals surface area (Å²) in [5.74, 6) is 0.111. The van der Waals surface area contributed by atoms with Crippen molar-refractivity contribution < 1.29 is 4.79 Å². The maximum absolute atomic E-state index is 11.5. The first-order chi connectivity index (χ1) is 9.34. The Morgan fingerprint density at radius 2 is 1.32 bits per heavy atom. The lowest BCUT2D eigenvalue weighted by Crippen LogP contribution is -2.13. The first-order valence-electron chi connectivity index (χ1n) is 6.48. The van der Waals surface area contributed by atoms with E-state index in [1.165, 1.54) is 0 Å². The number of hydrogen-bond acceptors (Lipinski definition) is 1. The van der Waals surface area contributed by atoms with Crippen molar-refractivity contribution in [2.75, 3.05) is 0 Å². The van der Waals surface area contributed by atoms with E-state index in [2.05, 4.69) is 29.6 Å². The minimum absolute atomic E-state index is 0.111. The van der Waals surface area contributed by atoms with Gasteiger partial charge in [-0.3, -0.25) is 4.79 Å². The molecule has 3 rings (SSSR count). The number of amides is 1. The summed E-state index contributed by atoms with van der Waals surface area (Å²) in [7, 11) is 0. The molecule has 0 bridgehead atoms. The van der Waals surface area contributed by atoms with Gasteiger partial charge in [0.25, 0.3) is 0 Å². The number of rotatable bonds is 2. The predicted molar refractivity (Wildman–Crippen MR) is 76.3 cm³/mol. The molecule has 0 atom stereocenters. The van der Waals surface area contributed by atoms with E-state index >= 15 is 0 Å². The molecule has 0 aliphatic carbocycles. The number of nitrogens with one attached hydrogen (secondary N) is 1. The molecule has 1 aliphatic rings. The van der Waals surface area contributed by atoms with Crippen molar-refractivity contribution >= 4 is 11.5 Å². The predicted octanol–water partition coefficient (Wildman–Crippen LogP) is 3.36. The Bertz CT molecular complexity index is 573. The molecule has 0 spiro atoms. The van der Waals surface area contributed by atoms with E-state index in [9.17, 15) is 4.79 Å². The molecule has 0 unspecified atom stereocenters. The summed E-state index contributed by atoms with van der Waals surface area (Å²) in [6.07, 6.45) is 1.37. The molecule has 2 aromatic carbocycles. The summed E-state index contributed by atoms with van der Waals surface area (Å²) in [5, 5.41) is 2.99. The number of benzene rings is 2. The summed E-state index contributed by atoms with van der Waals surface area (Å²) in [4.78, 5) is 11.5. The maximum Gasteiger partial charge on any atom is 0.224 e. The highest BCUT2D eigenvalue weighted by atomic mass is 16.1. The smallest absolute Gasteiger partial charge is 0.224 e. The van der Waals surface area contributed by atoms with E-state index < -0.39 is 0 Å². The van der Waals surface area contributed by atoms with Crippen molar-refractivity contribution in [3.05, 3.63) is 77.5 Å².